The summed E-state index contributed by atoms with van der Waals surface area (Å²) < 4.78 is 7.47. The predicted molar refractivity (Wildman–Crippen MR) is 246 cm³/mol. The van der Waals surface area contributed by atoms with Crippen LogP contribution in [-0.2, 0) is 0 Å². The van der Waals surface area contributed by atoms with Gasteiger partial charge in [0.05, 0.1) is 49.7 Å². The molecule has 0 saturated heterocycles. The van der Waals surface area contributed by atoms with E-state index in [1.807, 2.05) is 0 Å². The summed E-state index contributed by atoms with van der Waals surface area (Å²) in [6.07, 6.45) is 0. The second-order valence-electron chi connectivity index (χ2n) is 15.7. The summed E-state index contributed by atoms with van der Waals surface area (Å²) in [5.41, 5.74) is 12.9. The molecule has 0 unspecified atom stereocenters. The Morgan fingerprint density at radius 1 is 0.356 bits per heavy atom. The first kappa shape index (κ1) is 31.1. The average Bonchev–Trinajstić information content (AvgIpc) is 3.91. The maximum absolute atomic E-state index is 5.73. The number of nitrogens with zero attached hydrogens (tertiary/aromatic N) is 5. The lowest BCUT2D eigenvalue weighted by atomic mass is 10.0. The molecule has 9 aromatic carbocycles. The predicted octanol–water partition coefficient (Wildman–Crippen LogP) is 13.8. The summed E-state index contributed by atoms with van der Waals surface area (Å²) in [7, 11) is 0. The maximum Gasteiger partial charge on any atom is 0.165 e. The van der Waals surface area contributed by atoms with Gasteiger partial charge in [0.1, 0.15) is 5.69 Å². The molecule has 0 bridgehead atoms. The van der Waals surface area contributed by atoms with Crippen LogP contribution in [0.25, 0.3) is 126 Å². The molecule has 272 valence electrons. The van der Waals surface area contributed by atoms with Crippen LogP contribution in [0.5, 0.6) is 0 Å². The maximum atomic E-state index is 5.73. The third-order valence-corrected chi connectivity index (χ3v) is 12.7. The van der Waals surface area contributed by atoms with Crippen LogP contribution in [0.15, 0.2) is 188 Å². The highest BCUT2D eigenvalue weighted by Crippen LogP contribution is 2.49. The summed E-state index contributed by atoms with van der Waals surface area (Å²) >= 11 is 0. The summed E-state index contributed by atoms with van der Waals surface area (Å²) in [6.45, 7) is 0. The standard InChI is InChI=1S/C54H31N5/c1-3-16-33(17-4-1)49-54(56-50-35-20-8-7-15-32(35)29-30-42(50)55-49)58-45-28-14-23-38-40-25-13-24-39-36-21-9-12-27-44(36)59(51(39)40)53-48(47(38)45)46(58)31-41-37-22-10-11-26-43(37)57(52(41)53)34-18-5-2-6-19-34/h1-31H. The second kappa shape index (κ2) is 11.3. The molecule has 0 fully saturated rings. The average molecular weight is 750 g/mol. The van der Waals surface area contributed by atoms with Gasteiger partial charge in [0.15, 0.2) is 5.82 Å². The van der Waals surface area contributed by atoms with Crippen LogP contribution < -0.4 is 0 Å². The van der Waals surface area contributed by atoms with Crippen molar-refractivity contribution in [3.05, 3.63) is 188 Å². The van der Waals surface area contributed by atoms with E-state index in [4.69, 9.17) is 9.97 Å². The van der Waals surface area contributed by atoms with E-state index in [-0.39, 0.29) is 0 Å². The Balaban J connectivity index is 1.32. The fourth-order valence-electron chi connectivity index (χ4n) is 10.3. The Labute approximate surface area is 336 Å². The summed E-state index contributed by atoms with van der Waals surface area (Å²) in [6, 6.07) is 68.0. The van der Waals surface area contributed by atoms with Crippen LogP contribution in [0, 0.1) is 0 Å². The van der Waals surface area contributed by atoms with Gasteiger partial charge in [-0.3, -0.25) is 4.57 Å². The highest BCUT2D eigenvalue weighted by atomic mass is 15.1. The van der Waals surface area contributed by atoms with Crippen LogP contribution >= 0.6 is 0 Å². The minimum atomic E-state index is 0.811. The molecule has 0 saturated carbocycles. The van der Waals surface area contributed by atoms with E-state index in [9.17, 15) is 0 Å². The Bertz CT molecular complexity index is 4060. The van der Waals surface area contributed by atoms with E-state index in [2.05, 4.69) is 202 Å². The quantitative estimate of drug-likeness (QED) is 0.169. The molecule has 0 atom stereocenters. The third-order valence-electron chi connectivity index (χ3n) is 12.7. The molecule has 0 aliphatic heterocycles. The summed E-state index contributed by atoms with van der Waals surface area (Å²) in [4.78, 5) is 11.2. The monoisotopic (exact) mass is 749 g/mol. The summed E-state index contributed by atoms with van der Waals surface area (Å²) in [5.74, 6) is 0.811. The van der Waals surface area contributed by atoms with Crippen molar-refractivity contribution in [3.63, 3.8) is 0 Å². The molecule has 0 aliphatic rings. The number of fused-ring (bicyclic) bond motifs is 12. The van der Waals surface area contributed by atoms with E-state index >= 15 is 0 Å². The van der Waals surface area contributed by atoms with E-state index in [1.165, 1.54) is 70.7 Å². The van der Waals surface area contributed by atoms with Gasteiger partial charge in [0.25, 0.3) is 0 Å². The van der Waals surface area contributed by atoms with Crippen molar-refractivity contribution in [1.29, 1.82) is 0 Å². The number of hydrogen-bond acceptors (Lipinski definition) is 2. The third kappa shape index (κ3) is 3.98. The van der Waals surface area contributed by atoms with Crippen LogP contribution in [-0.4, -0.2) is 23.5 Å². The van der Waals surface area contributed by atoms with Crippen LogP contribution in [0.3, 0.4) is 0 Å². The van der Waals surface area contributed by atoms with Crippen molar-refractivity contribution in [2.75, 3.05) is 0 Å². The molecule has 5 heterocycles. The number of aromatic nitrogens is 5. The zero-order valence-corrected chi connectivity index (χ0v) is 31.6. The molecule has 14 rings (SSSR count). The lowest BCUT2D eigenvalue weighted by molar-refractivity contribution is 1.08. The second-order valence-corrected chi connectivity index (χ2v) is 15.7. The van der Waals surface area contributed by atoms with Crippen molar-refractivity contribution in [1.82, 2.24) is 23.5 Å². The molecule has 0 spiro atoms. The van der Waals surface area contributed by atoms with E-state index in [0.717, 1.165) is 55.6 Å². The van der Waals surface area contributed by atoms with Crippen molar-refractivity contribution in [3.8, 4) is 22.8 Å². The van der Waals surface area contributed by atoms with Crippen LogP contribution in [0.2, 0.25) is 0 Å². The molecular formula is C54H31N5. The fraction of sp³-hybridized carbons (Fsp3) is 0. The first-order valence-electron chi connectivity index (χ1n) is 20.2. The zero-order valence-electron chi connectivity index (χ0n) is 31.6. The van der Waals surface area contributed by atoms with Crippen molar-refractivity contribution in [2.45, 2.75) is 0 Å². The van der Waals surface area contributed by atoms with Crippen molar-refractivity contribution >= 4 is 104 Å². The van der Waals surface area contributed by atoms with Crippen LogP contribution in [0.1, 0.15) is 0 Å². The van der Waals surface area contributed by atoms with E-state index < -0.39 is 0 Å². The lowest BCUT2D eigenvalue weighted by Gasteiger charge is -2.15. The molecule has 0 aliphatic carbocycles. The van der Waals surface area contributed by atoms with Crippen molar-refractivity contribution < 1.29 is 0 Å². The van der Waals surface area contributed by atoms with E-state index in [0.29, 0.717) is 0 Å². The fourth-order valence-corrected chi connectivity index (χ4v) is 10.3. The first-order chi connectivity index (χ1) is 29.3. The number of rotatable bonds is 3. The van der Waals surface area contributed by atoms with Gasteiger partial charge in [-0.2, -0.15) is 0 Å². The van der Waals surface area contributed by atoms with Gasteiger partial charge in [-0.15, -0.1) is 0 Å². The molecule has 0 amide bonds. The van der Waals surface area contributed by atoms with Gasteiger partial charge in [-0.05, 0) is 53.2 Å². The minimum Gasteiger partial charge on any atom is -0.307 e. The zero-order chi connectivity index (χ0) is 38.3. The van der Waals surface area contributed by atoms with Crippen LogP contribution in [0.4, 0.5) is 0 Å². The largest absolute Gasteiger partial charge is 0.307 e. The molecule has 5 heteroatoms. The van der Waals surface area contributed by atoms with Gasteiger partial charge >= 0.3 is 0 Å². The Kier molecular flexibility index (Phi) is 5.96. The molecule has 5 nitrogen and oxygen atoms in total. The minimum absolute atomic E-state index is 0.811. The Morgan fingerprint density at radius 2 is 0.983 bits per heavy atom. The molecule has 59 heavy (non-hydrogen) atoms. The number of benzene rings is 9. The van der Waals surface area contributed by atoms with Gasteiger partial charge < -0.3 is 8.97 Å². The Morgan fingerprint density at radius 3 is 1.81 bits per heavy atom. The molecule has 14 aromatic rings. The lowest BCUT2D eigenvalue weighted by Crippen LogP contribution is -2.04. The highest BCUT2D eigenvalue weighted by Gasteiger charge is 2.28. The SMILES string of the molecule is c1ccc(-c2nc3ccc4ccccc4c3nc2-n2c3cccc4c5cccc6c7ccccc7n(c56)c5c(c43)c2cc2c3ccccc3n(-c3ccccc3)c25)cc1. The molecule has 0 radical (unpaired) electrons. The smallest absolute Gasteiger partial charge is 0.165 e. The van der Waals surface area contributed by atoms with Gasteiger partial charge in [0, 0.05) is 54.3 Å². The first-order valence-corrected chi connectivity index (χ1v) is 20.2. The van der Waals surface area contributed by atoms with Gasteiger partial charge in [-0.1, -0.05) is 146 Å². The topological polar surface area (TPSA) is 40.1 Å². The highest BCUT2D eigenvalue weighted by molar-refractivity contribution is 6.36. The van der Waals surface area contributed by atoms with Gasteiger partial charge in [0.2, 0.25) is 0 Å². The molecular weight excluding hydrogens is 719 g/mol. The summed E-state index contributed by atoms with van der Waals surface area (Å²) in [5, 5.41) is 11.9. The Hall–Kier alpha value is -8.02. The number of para-hydroxylation sites is 4. The molecule has 0 N–H and O–H groups in total. The number of hydrogen-bond donors (Lipinski definition) is 0. The van der Waals surface area contributed by atoms with Gasteiger partial charge in [-0.25, -0.2) is 9.97 Å². The molecule has 5 aromatic heterocycles. The normalized spacial score (nSPS) is 12.4. The van der Waals surface area contributed by atoms with E-state index in [1.54, 1.807) is 0 Å². The van der Waals surface area contributed by atoms with Crippen molar-refractivity contribution in [2.24, 2.45) is 0 Å².